The summed E-state index contributed by atoms with van der Waals surface area (Å²) in [4.78, 5) is 21.7. The lowest BCUT2D eigenvalue weighted by Gasteiger charge is -2.33. The van der Waals surface area contributed by atoms with Crippen LogP contribution in [0.5, 0.6) is 5.75 Å². The Kier molecular flexibility index (Phi) is 7.13. The Morgan fingerprint density at radius 2 is 1.94 bits per heavy atom. The van der Waals surface area contributed by atoms with Gasteiger partial charge in [-0.3, -0.25) is 0 Å². The van der Waals surface area contributed by atoms with Crippen molar-refractivity contribution in [3.63, 3.8) is 0 Å². The number of ether oxygens (including phenoxy) is 1. The summed E-state index contributed by atoms with van der Waals surface area (Å²) in [5, 5.41) is 16.2. The third-order valence-corrected chi connectivity index (χ3v) is 7.63. The van der Waals surface area contributed by atoms with Crippen LogP contribution in [0.1, 0.15) is 37.5 Å². The zero-order chi connectivity index (χ0) is 21.6. The summed E-state index contributed by atoms with van der Waals surface area (Å²) in [6.07, 6.45) is 5.14. The van der Waals surface area contributed by atoms with Crippen molar-refractivity contribution in [3.05, 3.63) is 42.2 Å². The lowest BCUT2D eigenvalue weighted by atomic mass is 9.94. The molecule has 2 N–H and O–H groups in total. The molecule has 164 valence electrons. The molecule has 0 spiro atoms. The standard InChI is InChI=1S/C20H25N7O2S2/c1-13(30-18-21-9-10-22-18)15-3-5-17(6-4-15)29-20(28)27-11-7-16(8-12-27)14(2)31-19-23-25-26-24-19/h3-6,9-10,13-14,16H,7-8,11-12H2,1-2H3,(H,21,22)(H,23,24,25,26). The van der Waals surface area contributed by atoms with Crippen molar-refractivity contribution in [2.45, 2.75) is 47.5 Å². The molecule has 2 unspecified atom stereocenters. The molecule has 0 aliphatic carbocycles. The zero-order valence-electron chi connectivity index (χ0n) is 17.4. The van der Waals surface area contributed by atoms with Crippen molar-refractivity contribution in [1.29, 1.82) is 0 Å². The Bertz CT molecular complexity index is 943. The molecule has 1 saturated heterocycles. The first-order valence-corrected chi connectivity index (χ1v) is 12.0. The van der Waals surface area contributed by atoms with Gasteiger partial charge in [-0.05, 0) is 53.8 Å². The van der Waals surface area contributed by atoms with Crippen LogP contribution in [-0.4, -0.2) is 59.9 Å². The second kappa shape index (κ2) is 10.2. The number of benzene rings is 1. The second-order valence-electron chi connectivity index (χ2n) is 7.45. The fraction of sp³-hybridized carbons (Fsp3) is 0.450. The van der Waals surface area contributed by atoms with Gasteiger partial charge in [0.25, 0.3) is 0 Å². The van der Waals surface area contributed by atoms with Crippen LogP contribution in [0.3, 0.4) is 0 Å². The van der Waals surface area contributed by atoms with Gasteiger partial charge in [0.2, 0.25) is 5.16 Å². The normalized spacial score (nSPS) is 16.8. The Morgan fingerprint density at radius 3 is 2.58 bits per heavy atom. The summed E-state index contributed by atoms with van der Waals surface area (Å²) >= 11 is 3.29. The molecule has 3 aromatic rings. The predicted octanol–water partition coefficient (Wildman–Crippen LogP) is 4.17. The van der Waals surface area contributed by atoms with E-state index in [0.717, 1.165) is 28.7 Å². The highest BCUT2D eigenvalue weighted by atomic mass is 32.2. The summed E-state index contributed by atoms with van der Waals surface area (Å²) in [7, 11) is 0. The molecular formula is C20H25N7O2S2. The van der Waals surface area contributed by atoms with E-state index >= 15 is 0 Å². The number of imidazole rings is 1. The van der Waals surface area contributed by atoms with Gasteiger partial charge in [0.1, 0.15) is 5.75 Å². The first-order valence-electron chi connectivity index (χ1n) is 10.2. The van der Waals surface area contributed by atoms with E-state index in [9.17, 15) is 4.79 Å². The maximum atomic E-state index is 12.6. The van der Waals surface area contributed by atoms with Gasteiger partial charge in [0, 0.05) is 36.0 Å². The number of carbonyl (C=O) groups excluding carboxylic acids is 1. The Morgan fingerprint density at radius 1 is 1.16 bits per heavy atom. The van der Waals surface area contributed by atoms with Crippen molar-refractivity contribution in [2.24, 2.45) is 5.92 Å². The molecule has 0 saturated carbocycles. The van der Waals surface area contributed by atoms with Gasteiger partial charge in [-0.1, -0.05) is 42.6 Å². The summed E-state index contributed by atoms with van der Waals surface area (Å²) < 4.78 is 5.60. The number of rotatable bonds is 7. The number of aromatic amines is 2. The number of thioether (sulfide) groups is 2. The van der Waals surface area contributed by atoms with Crippen molar-refractivity contribution in [1.82, 2.24) is 35.5 Å². The number of hydrogen-bond donors (Lipinski definition) is 2. The molecule has 1 aliphatic rings. The third kappa shape index (κ3) is 5.79. The summed E-state index contributed by atoms with van der Waals surface area (Å²) in [6, 6.07) is 7.69. The Hall–Kier alpha value is -2.53. The molecule has 1 fully saturated rings. The van der Waals surface area contributed by atoms with E-state index in [1.54, 1.807) is 34.6 Å². The molecule has 31 heavy (non-hydrogen) atoms. The maximum Gasteiger partial charge on any atom is 0.415 e. The number of aromatic nitrogens is 6. The summed E-state index contributed by atoms with van der Waals surface area (Å²) in [5.74, 6) is 1.07. The average Bonchev–Trinajstić information content (AvgIpc) is 3.49. The minimum atomic E-state index is -0.288. The van der Waals surface area contributed by atoms with Gasteiger partial charge in [-0.25, -0.2) is 14.9 Å². The Labute approximate surface area is 189 Å². The highest BCUT2D eigenvalue weighted by Gasteiger charge is 2.28. The lowest BCUT2D eigenvalue weighted by Crippen LogP contribution is -2.41. The van der Waals surface area contributed by atoms with Crippen LogP contribution in [-0.2, 0) is 0 Å². The van der Waals surface area contributed by atoms with Gasteiger partial charge in [-0.2, -0.15) is 0 Å². The topological polar surface area (TPSA) is 113 Å². The molecule has 1 amide bonds. The van der Waals surface area contributed by atoms with Gasteiger partial charge in [-0.15, -0.1) is 5.10 Å². The van der Waals surface area contributed by atoms with E-state index in [1.165, 1.54) is 0 Å². The number of amides is 1. The van der Waals surface area contributed by atoms with E-state index < -0.39 is 0 Å². The molecule has 0 radical (unpaired) electrons. The van der Waals surface area contributed by atoms with E-state index in [2.05, 4.69) is 44.4 Å². The number of carbonyl (C=O) groups is 1. The fourth-order valence-electron chi connectivity index (χ4n) is 3.55. The maximum absolute atomic E-state index is 12.6. The Balaban J connectivity index is 1.24. The van der Waals surface area contributed by atoms with Crippen molar-refractivity contribution in [2.75, 3.05) is 13.1 Å². The number of nitrogens with one attached hydrogen (secondary N) is 2. The van der Waals surface area contributed by atoms with Gasteiger partial charge >= 0.3 is 6.09 Å². The van der Waals surface area contributed by atoms with Crippen LogP contribution < -0.4 is 4.74 Å². The number of hydrogen-bond acceptors (Lipinski definition) is 8. The predicted molar refractivity (Wildman–Crippen MR) is 119 cm³/mol. The van der Waals surface area contributed by atoms with E-state index in [-0.39, 0.29) is 11.3 Å². The monoisotopic (exact) mass is 459 g/mol. The van der Waals surface area contributed by atoms with Crippen molar-refractivity contribution >= 4 is 29.6 Å². The number of tetrazole rings is 1. The highest BCUT2D eigenvalue weighted by molar-refractivity contribution is 7.99. The molecule has 2 aromatic heterocycles. The van der Waals surface area contributed by atoms with Crippen LogP contribution in [0, 0.1) is 5.92 Å². The van der Waals surface area contributed by atoms with Gasteiger partial charge in [0.15, 0.2) is 5.16 Å². The first-order chi connectivity index (χ1) is 15.1. The summed E-state index contributed by atoms with van der Waals surface area (Å²) in [5.41, 5.74) is 1.15. The number of piperidine rings is 1. The number of nitrogens with zero attached hydrogens (tertiary/aromatic N) is 5. The van der Waals surface area contributed by atoms with E-state index in [1.807, 2.05) is 30.5 Å². The lowest BCUT2D eigenvalue weighted by molar-refractivity contribution is 0.131. The van der Waals surface area contributed by atoms with Crippen LogP contribution in [0.2, 0.25) is 0 Å². The zero-order valence-corrected chi connectivity index (χ0v) is 19.0. The van der Waals surface area contributed by atoms with Crippen LogP contribution in [0.25, 0.3) is 0 Å². The molecule has 1 aromatic carbocycles. The van der Waals surface area contributed by atoms with Gasteiger partial charge < -0.3 is 14.6 Å². The van der Waals surface area contributed by atoms with Gasteiger partial charge in [0.05, 0.1) is 0 Å². The minimum Gasteiger partial charge on any atom is -0.410 e. The highest BCUT2D eigenvalue weighted by Crippen LogP contribution is 2.34. The molecule has 9 nitrogen and oxygen atoms in total. The molecule has 4 rings (SSSR count). The second-order valence-corrected chi connectivity index (χ2v) is 10.1. The molecule has 0 bridgehead atoms. The third-order valence-electron chi connectivity index (χ3n) is 5.40. The smallest absolute Gasteiger partial charge is 0.410 e. The minimum absolute atomic E-state index is 0.238. The summed E-state index contributed by atoms with van der Waals surface area (Å²) in [6.45, 7) is 5.69. The molecule has 11 heteroatoms. The number of likely N-dealkylation sites (tertiary alicyclic amines) is 1. The first kappa shape index (κ1) is 21.7. The fourth-order valence-corrected chi connectivity index (χ4v) is 5.43. The molecule has 3 heterocycles. The molecule has 2 atom stereocenters. The van der Waals surface area contributed by atoms with E-state index in [4.69, 9.17) is 4.74 Å². The molecular weight excluding hydrogens is 434 g/mol. The van der Waals surface area contributed by atoms with Crippen LogP contribution in [0.4, 0.5) is 4.79 Å². The largest absolute Gasteiger partial charge is 0.415 e. The van der Waals surface area contributed by atoms with Crippen molar-refractivity contribution in [3.8, 4) is 5.75 Å². The van der Waals surface area contributed by atoms with Crippen LogP contribution >= 0.6 is 23.5 Å². The molecule has 1 aliphatic heterocycles. The van der Waals surface area contributed by atoms with E-state index in [0.29, 0.717) is 30.0 Å². The number of H-pyrrole nitrogens is 2. The average molecular weight is 460 g/mol. The van der Waals surface area contributed by atoms with Crippen LogP contribution in [0.15, 0.2) is 47.0 Å². The van der Waals surface area contributed by atoms with Crippen molar-refractivity contribution < 1.29 is 9.53 Å². The quantitative estimate of drug-likeness (QED) is 0.506. The SMILES string of the molecule is CC(Sc1ncc[nH]1)c1ccc(OC(=O)N2CCC(C(C)Sc3nnn[nH]3)CC2)cc1.